The van der Waals surface area contributed by atoms with Gasteiger partial charge in [-0.1, -0.05) is 27.5 Å². The molecule has 2 aromatic carbocycles. The van der Waals surface area contributed by atoms with Crippen LogP contribution < -0.4 is 0 Å². The Kier molecular flexibility index (Phi) is 4.00. The first-order valence-electron chi connectivity index (χ1n) is 5.06. The first-order chi connectivity index (χ1) is 8.47. The fourth-order valence-electron chi connectivity index (χ4n) is 1.64. The van der Waals surface area contributed by atoms with Crippen molar-refractivity contribution in [2.24, 2.45) is 0 Å². The Hall–Kier alpha value is -0.970. The van der Waals surface area contributed by atoms with Gasteiger partial charge in [0.15, 0.2) is 0 Å². The van der Waals surface area contributed by atoms with Crippen LogP contribution in [0.4, 0.5) is 8.78 Å². The molecule has 5 heteroatoms. The molecule has 1 N–H and O–H groups in total. The summed E-state index contributed by atoms with van der Waals surface area (Å²) in [7, 11) is 0. The van der Waals surface area contributed by atoms with Gasteiger partial charge in [-0.15, -0.1) is 0 Å². The maximum atomic E-state index is 13.6. The van der Waals surface area contributed by atoms with E-state index in [2.05, 4.69) is 15.9 Å². The van der Waals surface area contributed by atoms with E-state index in [4.69, 9.17) is 11.6 Å². The molecule has 1 atom stereocenters. The van der Waals surface area contributed by atoms with E-state index in [-0.39, 0.29) is 16.1 Å². The average Bonchev–Trinajstić information content (AvgIpc) is 2.30. The van der Waals surface area contributed by atoms with Gasteiger partial charge in [0, 0.05) is 15.1 Å². The Labute approximate surface area is 116 Å². The van der Waals surface area contributed by atoms with Crippen LogP contribution in [-0.2, 0) is 0 Å². The molecule has 0 spiro atoms. The summed E-state index contributed by atoms with van der Waals surface area (Å²) in [5.74, 6) is -1.14. The number of hydrogen-bond acceptors (Lipinski definition) is 1. The molecule has 0 radical (unpaired) electrons. The maximum Gasteiger partial charge on any atom is 0.129 e. The van der Waals surface area contributed by atoms with Crippen LogP contribution in [0.25, 0.3) is 0 Å². The van der Waals surface area contributed by atoms with Crippen LogP contribution in [-0.4, -0.2) is 5.11 Å². The topological polar surface area (TPSA) is 20.2 Å². The second-order valence-electron chi connectivity index (χ2n) is 3.77. The molecule has 0 amide bonds. The minimum Gasteiger partial charge on any atom is -0.384 e. The van der Waals surface area contributed by atoms with E-state index in [9.17, 15) is 13.9 Å². The fourth-order valence-corrected chi connectivity index (χ4v) is 2.25. The van der Waals surface area contributed by atoms with Crippen molar-refractivity contribution in [2.75, 3.05) is 0 Å². The highest BCUT2D eigenvalue weighted by Gasteiger charge is 2.16. The van der Waals surface area contributed by atoms with Gasteiger partial charge in [0.25, 0.3) is 0 Å². The van der Waals surface area contributed by atoms with Crippen LogP contribution in [0.5, 0.6) is 0 Å². The summed E-state index contributed by atoms with van der Waals surface area (Å²) < 4.78 is 27.4. The van der Waals surface area contributed by atoms with Gasteiger partial charge in [-0.05, 0) is 42.0 Å². The van der Waals surface area contributed by atoms with E-state index in [1.54, 1.807) is 0 Å². The average molecular weight is 334 g/mol. The van der Waals surface area contributed by atoms with Crippen LogP contribution >= 0.6 is 27.5 Å². The zero-order valence-electron chi connectivity index (χ0n) is 9.00. The lowest BCUT2D eigenvalue weighted by Gasteiger charge is -2.13. The summed E-state index contributed by atoms with van der Waals surface area (Å²) >= 11 is 8.89. The number of benzene rings is 2. The van der Waals surface area contributed by atoms with Crippen molar-refractivity contribution in [3.63, 3.8) is 0 Å². The van der Waals surface area contributed by atoms with Gasteiger partial charge >= 0.3 is 0 Å². The molecule has 2 rings (SSSR count). The Bertz CT molecular complexity index is 569. The van der Waals surface area contributed by atoms with E-state index in [1.807, 2.05) is 0 Å². The summed E-state index contributed by atoms with van der Waals surface area (Å²) in [6.07, 6.45) is -1.27. The monoisotopic (exact) mass is 332 g/mol. The molecule has 0 aromatic heterocycles. The van der Waals surface area contributed by atoms with Crippen LogP contribution in [0.15, 0.2) is 40.9 Å². The highest BCUT2D eigenvalue weighted by atomic mass is 79.9. The first kappa shape index (κ1) is 13.5. The van der Waals surface area contributed by atoms with E-state index in [1.165, 1.54) is 24.3 Å². The lowest BCUT2D eigenvalue weighted by molar-refractivity contribution is 0.214. The van der Waals surface area contributed by atoms with Crippen LogP contribution in [0.2, 0.25) is 5.02 Å². The molecule has 0 saturated carbocycles. The first-order valence-corrected chi connectivity index (χ1v) is 6.23. The van der Waals surface area contributed by atoms with Crippen LogP contribution in [0.3, 0.4) is 0 Å². The van der Waals surface area contributed by atoms with E-state index < -0.39 is 17.7 Å². The summed E-state index contributed by atoms with van der Waals surface area (Å²) in [6.45, 7) is 0. The number of hydrogen-bond donors (Lipinski definition) is 1. The molecule has 94 valence electrons. The van der Waals surface area contributed by atoms with Gasteiger partial charge in [-0.25, -0.2) is 8.78 Å². The van der Waals surface area contributed by atoms with Gasteiger partial charge < -0.3 is 5.11 Å². The second-order valence-corrected chi connectivity index (χ2v) is 5.12. The largest absolute Gasteiger partial charge is 0.384 e. The van der Waals surface area contributed by atoms with Crippen LogP contribution in [0.1, 0.15) is 17.2 Å². The molecule has 2 aromatic rings. The molecule has 18 heavy (non-hydrogen) atoms. The molecule has 0 heterocycles. The standard InChI is InChI=1S/C13H8BrClF2O/c14-8-1-2-12(17)11(5-8)13(18)7-3-9(15)6-10(16)4-7/h1-6,13,18H. The predicted molar refractivity (Wildman–Crippen MR) is 69.6 cm³/mol. The predicted octanol–water partition coefficient (Wildman–Crippen LogP) is 4.46. The van der Waals surface area contributed by atoms with E-state index in [0.29, 0.717) is 4.47 Å². The highest BCUT2D eigenvalue weighted by Crippen LogP contribution is 2.29. The van der Waals surface area contributed by atoms with Gasteiger partial charge in [0.05, 0.1) is 0 Å². The summed E-state index contributed by atoms with van der Waals surface area (Å²) in [4.78, 5) is 0. The fraction of sp³-hybridized carbons (Fsp3) is 0.0769. The third-order valence-corrected chi connectivity index (χ3v) is 3.16. The second kappa shape index (κ2) is 5.34. The van der Waals surface area contributed by atoms with Crippen molar-refractivity contribution < 1.29 is 13.9 Å². The number of aliphatic hydroxyl groups is 1. The Morgan fingerprint density at radius 1 is 1.11 bits per heavy atom. The van der Waals surface area contributed by atoms with Crippen molar-refractivity contribution in [1.29, 1.82) is 0 Å². The summed E-state index contributed by atoms with van der Waals surface area (Å²) in [6, 6.07) is 7.83. The molecule has 0 bridgehead atoms. The van der Waals surface area contributed by atoms with Gasteiger partial charge in [0.2, 0.25) is 0 Å². The Morgan fingerprint density at radius 3 is 2.50 bits per heavy atom. The minimum absolute atomic E-state index is 0.0611. The number of aliphatic hydroxyl groups excluding tert-OH is 1. The zero-order chi connectivity index (χ0) is 13.3. The molecule has 0 saturated heterocycles. The normalized spacial score (nSPS) is 12.5. The highest BCUT2D eigenvalue weighted by molar-refractivity contribution is 9.10. The third-order valence-electron chi connectivity index (χ3n) is 2.45. The maximum absolute atomic E-state index is 13.6. The van der Waals surface area contributed by atoms with Crippen molar-refractivity contribution in [3.05, 3.63) is 68.7 Å². The smallest absolute Gasteiger partial charge is 0.129 e. The number of halogens is 4. The minimum atomic E-state index is -1.27. The van der Waals surface area contributed by atoms with Crippen molar-refractivity contribution >= 4 is 27.5 Å². The molecule has 0 aliphatic carbocycles. The van der Waals surface area contributed by atoms with Gasteiger partial charge in [-0.2, -0.15) is 0 Å². The van der Waals surface area contributed by atoms with Crippen molar-refractivity contribution in [2.45, 2.75) is 6.10 Å². The molecular weight excluding hydrogens is 325 g/mol. The Morgan fingerprint density at radius 2 is 1.83 bits per heavy atom. The molecule has 0 fully saturated rings. The summed E-state index contributed by atoms with van der Waals surface area (Å²) in [5.41, 5.74) is 0.267. The SMILES string of the molecule is OC(c1cc(F)cc(Cl)c1)c1cc(Br)ccc1F. The van der Waals surface area contributed by atoms with E-state index in [0.717, 1.165) is 12.1 Å². The van der Waals surface area contributed by atoms with Crippen molar-refractivity contribution in [3.8, 4) is 0 Å². The molecule has 1 unspecified atom stereocenters. The lowest BCUT2D eigenvalue weighted by Crippen LogP contribution is -2.03. The third kappa shape index (κ3) is 2.88. The molecular formula is C13H8BrClF2O. The zero-order valence-corrected chi connectivity index (χ0v) is 11.3. The molecule has 0 aliphatic heterocycles. The number of rotatable bonds is 2. The van der Waals surface area contributed by atoms with Crippen molar-refractivity contribution in [1.82, 2.24) is 0 Å². The molecule has 0 aliphatic rings. The van der Waals surface area contributed by atoms with E-state index >= 15 is 0 Å². The van der Waals surface area contributed by atoms with Crippen LogP contribution in [0, 0.1) is 11.6 Å². The summed E-state index contributed by atoms with van der Waals surface area (Å²) in [5, 5.41) is 10.2. The molecule has 1 nitrogen and oxygen atoms in total. The van der Waals surface area contributed by atoms with Gasteiger partial charge in [0.1, 0.15) is 17.7 Å². The Balaban J connectivity index is 2.47. The quantitative estimate of drug-likeness (QED) is 0.860. The van der Waals surface area contributed by atoms with Gasteiger partial charge in [-0.3, -0.25) is 0 Å². The lowest BCUT2D eigenvalue weighted by atomic mass is 10.0.